The Morgan fingerprint density at radius 3 is 2.20 bits per heavy atom. The van der Waals surface area contributed by atoms with Crippen LogP contribution in [0.2, 0.25) is 0 Å². The van der Waals surface area contributed by atoms with Gasteiger partial charge in [-0.1, -0.05) is 30.7 Å². The van der Waals surface area contributed by atoms with Gasteiger partial charge in [-0.05, 0) is 51.8 Å². The van der Waals surface area contributed by atoms with Crippen LogP contribution < -0.4 is 5.32 Å². The summed E-state index contributed by atoms with van der Waals surface area (Å²) in [4.78, 5) is 0. The lowest BCUT2D eigenvalue weighted by molar-refractivity contribution is -0.155. The van der Waals surface area contributed by atoms with Gasteiger partial charge in [-0.15, -0.1) is 0 Å². The second-order valence-corrected chi connectivity index (χ2v) is 5.07. The van der Waals surface area contributed by atoms with Crippen LogP contribution in [-0.2, 0) is 9.47 Å². The Labute approximate surface area is 123 Å². The molecule has 0 radical (unpaired) electrons. The van der Waals surface area contributed by atoms with Crippen LogP contribution in [0.1, 0.15) is 49.9 Å². The standard InChI is InChI=1S/C17H29NO2/c1-6-11-18-16(17(19-7-2)20-8-3)15-10-9-13(4)12-14(15)5/h9-10,12,16-18H,6-8,11H2,1-5H3. The molecule has 1 rings (SSSR count). The van der Waals surface area contributed by atoms with Gasteiger partial charge in [0.2, 0.25) is 0 Å². The lowest BCUT2D eigenvalue weighted by atomic mass is 9.98. The third kappa shape index (κ3) is 4.89. The number of aryl methyl sites for hydroxylation is 2. The van der Waals surface area contributed by atoms with Gasteiger partial charge in [0.05, 0.1) is 6.04 Å². The molecule has 0 aliphatic rings. The van der Waals surface area contributed by atoms with Gasteiger partial charge in [-0.25, -0.2) is 0 Å². The highest BCUT2D eigenvalue weighted by Gasteiger charge is 2.24. The quantitative estimate of drug-likeness (QED) is 0.698. The van der Waals surface area contributed by atoms with Gasteiger partial charge in [-0.2, -0.15) is 0 Å². The fraction of sp³-hybridized carbons (Fsp3) is 0.647. The Hall–Kier alpha value is -0.900. The molecule has 20 heavy (non-hydrogen) atoms. The Bertz CT molecular complexity index is 387. The Kier molecular flexibility index (Phi) is 7.82. The van der Waals surface area contributed by atoms with Crippen molar-refractivity contribution >= 4 is 0 Å². The van der Waals surface area contributed by atoms with Crippen molar-refractivity contribution in [2.75, 3.05) is 19.8 Å². The second-order valence-electron chi connectivity index (χ2n) is 5.07. The van der Waals surface area contributed by atoms with Crippen molar-refractivity contribution < 1.29 is 9.47 Å². The molecule has 0 saturated carbocycles. The first-order valence-electron chi connectivity index (χ1n) is 7.67. The predicted octanol–water partition coefficient (Wildman–Crippen LogP) is 3.74. The van der Waals surface area contributed by atoms with Crippen LogP contribution in [0.15, 0.2) is 18.2 Å². The minimum Gasteiger partial charge on any atom is -0.351 e. The highest BCUT2D eigenvalue weighted by atomic mass is 16.7. The monoisotopic (exact) mass is 279 g/mol. The molecule has 1 unspecified atom stereocenters. The summed E-state index contributed by atoms with van der Waals surface area (Å²) in [7, 11) is 0. The molecule has 0 amide bonds. The van der Waals surface area contributed by atoms with Gasteiger partial charge < -0.3 is 14.8 Å². The zero-order valence-corrected chi connectivity index (χ0v) is 13.5. The van der Waals surface area contributed by atoms with Gasteiger partial charge in [0, 0.05) is 13.2 Å². The van der Waals surface area contributed by atoms with Crippen molar-refractivity contribution in [3.63, 3.8) is 0 Å². The molecule has 1 N–H and O–H groups in total. The van der Waals surface area contributed by atoms with E-state index in [2.05, 4.69) is 44.3 Å². The van der Waals surface area contributed by atoms with Crippen LogP contribution in [0, 0.1) is 13.8 Å². The third-order valence-electron chi connectivity index (χ3n) is 3.31. The van der Waals surface area contributed by atoms with Gasteiger partial charge in [0.1, 0.15) is 0 Å². The number of hydrogen-bond donors (Lipinski definition) is 1. The number of hydrogen-bond acceptors (Lipinski definition) is 3. The molecule has 1 aromatic carbocycles. The summed E-state index contributed by atoms with van der Waals surface area (Å²) in [6.07, 6.45) is 0.852. The molecule has 0 aliphatic carbocycles. The molecule has 114 valence electrons. The van der Waals surface area contributed by atoms with Crippen LogP contribution in [-0.4, -0.2) is 26.0 Å². The van der Waals surface area contributed by atoms with E-state index >= 15 is 0 Å². The number of ether oxygens (including phenoxy) is 2. The molecule has 1 atom stereocenters. The largest absolute Gasteiger partial charge is 0.351 e. The zero-order valence-electron chi connectivity index (χ0n) is 13.5. The third-order valence-corrected chi connectivity index (χ3v) is 3.31. The minimum atomic E-state index is -0.238. The number of rotatable bonds is 9. The Balaban J connectivity index is 3.01. The van der Waals surface area contributed by atoms with Crippen LogP contribution in [0.25, 0.3) is 0 Å². The first-order chi connectivity index (χ1) is 9.63. The van der Waals surface area contributed by atoms with E-state index in [1.165, 1.54) is 16.7 Å². The highest BCUT2D eigenvalue weighted by molar-refractivity contribution is 5.33. The van der Waals surface area contributed by atoms with Crippen molar-refractivity contribution in [1.82, 2.24) is 5.32 Å². The van der Waals surface area contributed by atoms with E-state index < -0.39 is 0 Å². The van der Waals surface area contributed by atoms with E-state index in [1.807, 2.05) is 13.8 Å². The van der Waals surface area contributed by atoms with E-state index in [0.29, 0.717) is 13.2 Å². The van der Waals surface area contributed by atoms with Crippen LogP contribution in [0.3, 0.4) is 0 Å². The molecule has 3 nitrogen and oxygen atoms in total. The highest BCUT2D eigenvalue weighted by Crippen LogP contribution is 2.24. The molecule has 3 heteroatoms. The SMILES string of the molecule is CCCNC(c1ccc(C)cc1C)C(OCC)OCC. The molecule has 0 aromatic heterocycles. The molecule has 1 aromatic rings. The van der Waals surface area contributed by atoms with Crippen molar-refractivity contribution in [3.05, 3.63) is 34.9 Å². The average Bonchev–Trinajstić information content (AvgIpc) is 2.41. The number of nitrogens with one attached hydrogen (secondary N) is 1. The van der Waals surface area contributed by atoms with E-state index in [-0.39, 0.29) is 12.3 Å². The van der Waals surface area contributed by atoms with Gasteiger partial charge in [0.15, 0.2) is 6.29 Å². The van der Waals surface area contributed by atoms with Crippen molar-refractivity contribution in [2.45, 2.75) is 53.4 Å². The zero-order chi connectivity index (χ0) is 15.0. The molecule has 0 fully saturated rings. The summed E-state index contributed by atoms with van der Waals surface area (Å²) in [5.41, 5.74) is 3.82. The lowest BCUT2D eigenvalue weighted by Crippen LogP contribution is -2.36. The van der Waals surface area contributed by atoms with Crippen LogP contribution >= 0.6 is 0 Å². The lowest BCUT2D eigenvalue weighted by Gasteiger charge is -2.29. The summed E-state index contributed by atoms with van der Waals surface area (Å²) in [5.74, 6) is 0. The van der Waals surface area contributed by atoms with E-state index in [1.54, 1.807) is 0 Å². The summed E-state index contributed by atoms with van der Waals surface area (Å²) >= 11 is 0. The Morgan fingerprint density at radius 2 is 1.70 bits per heavy atom. The fourth-order valence-electron chi connectivity index (χ4n) is 2.40. The first-order valence-corrected chi connectivity index (χ1v) is 7.67. The van der Waals surface area contributed by atoms with E-state index in [0.717, 1.165) is 13.0 Å². The molecule has 0 saturated heterocycles. The topological polar surface area (TPSA) is 30.5 Å². The molecule has 0 heterocycles. The van der Waals surface area contributed by atoms with Crippen LogP contribution in [0.5, 0.6) is 0 Å². The van der Waals surface area contributed by atoms with Crippen molar-refractivity contribution in [2.24, 2.45) is 0 Å². The molecular formula is C17H29NO2. The van der Waals surface area contributed by atoms with E-state index in [9.17, 15) is 0 Å². The molecule has 0 bridgehead atoms. The summed E-state index contributed by atoms with van der Waals surface area (Å²) < 4.78 is 11.6. The first kappa shape index (κ1) is 17.2. The molecule has 0 aliphatic heterocycles. The minimum absolute atomic E-state index is 0.0791. The maximum Gasteiger partial charge on any atom is 0.176 e. The van der Waals surface area contributed by atoms with Gasteiger partial charge in [-0.3, -0.25) is 0 Å². The summed E-state index contributed by atoms with van der Waals surface area (Å²) in [6, 6.07) is 6.63. The van der Waals surface area contributed by atoms with Gasteiger partial charge in [0.25, 0.3) is 0 Å². The Morgan fingerprint density at radius 1 is 1.05 bits per heavy atom. The van der Waals surface area contributed by atoms with Crippen molar-refractivity contribution in [1.29, 1.82) is 0 Å². The fourth-order valence-corrected chi connectivity index (χ4v) is 2.40. The maximum atomic E-state index is 5.80. The van der Waals surface area contributed by atoms with Crippen molar-refractivity contribution in [3.8, 4) is 0 Å². The maximum absolute atomic E-state index is 5.80. The van der Waals surface area contributed by atoms with Gasteiger partial charge >= 0.3 is 0 Å². The predicted molar refractivity (Wildman–Crippen MR) is 84.0 cm³/mol. The summed E-state index contributed by atoms with van der Waals surface area (Å²) in [5, 5.41) is 3.57. The van der Waals surface area contributed by atoms with Crippen LogP contribution in [0.4, 0.5) is 0 Å². The molecular weight excluding hydrogens is 250 g/mol. The number of benzene rings is 1. The smallest absolute Gasteiger partial charge is 0.176 e. The second kappa shape index (κ2) is 9.11. The normalized spacial score (nSPS) is 12.9. The van der Waals surface area contributed by atoms with E-state index in [4.69, 9.17) is 9.47 Å². The average molecular weight is 279 g/mol. The summed E-state index contributed by atoms with van der Waals surface area (Å²) in [6.45, 7) is 12.7. The molecule has 0 spiro atoms.